The zero-order valence-corrected chi connectivity index (χ0v) is 14.7. The van der Waals surface area contributed by atoms with Crippen LogP contribution in [0.2, 0.25) is 5.02 Å². The summed E-state index contributed by atoms with van der Waals surface area (Å²) in [6, 6.07) is 9.25. The average Bonchev–Trinajstić information content (AvgIpc) is 3.06. The van der Waals surface area contributed by atoms with Gasteiger partial charge in [-0.15, -0.1) is 11.3 Å². The molecule has 0 bridgehead atoms. The van der Waals surface area contributed by atoms with Crippen LogP contribution < -0.4 is 5.32 Å². The number of nitrogens with one attached hydrogen (secondary N) is 1. The van der Waals surface area contributed by atoms with Crippen LogP contribution in [0.4, 0.5) is 5.69 Å². The molecule has 0 atom stereocenters. The minimum atomic E-state index is -0.157. The maximum Gasteiger partial charge on any atom is 0.266 e. The Morgan fingerprint density at radius 1 is 1.41 bits per heavy atom. The molecule has 7 heteroatoms. The minimum absolute atomic E-state index is 0.157. The second-order valence-corrected chi connectivity index (χ2v) is 6.79. The van der Waals surface area contributed by atoms with Crippen LogP contribution in [0, 0.1) is 6.92 Å². The van der Waals surface area contributed by atoms with Crippen molar-refractivity contribution in [1.82, 2.24) is 9.78 Å². The van der Waals surface area contributed by atoms with E-state index in [1.807, 2.05) is 36.6 Å². The fourth-order valence-electron chi connectivity index (χ4n) is 2.04. The van der Waals surface area contributed by atoms with E-state index < -0.39 is 0 Å². The van der Waals surface area contributed by atoms with E-state index in [1.54, 1.807) is 16.9 Å². The van der Waals surface area contributed by atoms with Crippen LogP contribution in [-0.4, -0.2) is 15.7 Å². The molecule has 1 amide bonds. The number of thiophene rings is 1. The molecule has 2 heterocycles. The zero-order chi connectivity index (χ0) is 15.7. The first-order valence-corrected chi connectivity index (χ1v) is 8.46. The van der Waals surface area contributed by atoms with Gasteiger partial charge in [0.05, 0.1) is 23.3 Å². The highest BCUT2D eigenvalue weighted by atomic mass is 79.9. The minimum Gasteiger partial charge on any atom is -0.318 e. The Labute approximate surface area is 144 Å². The Kier molecular flexibility index (Phi) is 4.33. The second-order valence-electron chi connectivity index (χ2n) is 4.59. The summed E-state index contributed by atoms with van der Waals surface area (Å²) in [6.07, 6.45) is 1.63. The summed E-state index contributed by atoms with van der Waals surface area (Å²) in [4.78, 5) is 12.9. The molecule has 0 radical (unpaired) electrons. The van der Waals surface area contributed by atoms with E-state index in [4.69, 9.17) is 11.6 Å². The van der Waals surface area contributed by atoms with Crippen molar-refractivity contribution >= 4 is 50.5 Å². The van der Waals surface area contributed by atoms with Crippen LogP contribution in [0.5, 0.6) is 0 Å². The van der Waals surface area contributed by atoms with E-state index in [0.717, 1.165) is 15.9 Å². The summed E-state index contributed by atoms with van der Waals surface area (Å²) in [5, 5.41) is 9.70. The number of rotatable bonds is 3. The first-order valence-electron chi connectivity index (χ1n) is 6.41. The molecule has 0 aliphatic rings. The maximum atomic E-state index is 12.3. The number of halogens is 2. The predicted molar refractivity (Wildman–Crippen MR) is 93.3 cm³/mol. The van der Waals surface area contributed by atoms with Crippen molar-refractivity contribution in [3.05, 3.63) is 62.0 Å². The Bertz CT molecular complexity index is 843. The monoisotopic (exact) mass is 395 g/mol. The third-order valence-electron chi connectivity index (χ3n) is 3.13. The normalized spacial score (nSPS) is 10.7. The molecule has 112 valence electrons. The van der Waals surface area contributed by atoms with Crippen molar-refractivity contribution in [1.29, 1.82) is 0 Å². The summed E-state index contributed by atoms with van der Waals surface area (Å²) in [6.45, 7) is 1.90. The number of nitrogens with zero attached hydrogens (tertiary/aromatic N) is 2. The van der Waals surface area contributed by atoms with E-state index in [-0.39, 0.29) is 5.91 Å². The number of amides is 1. The molecule has 0 saturated heterocycles. The number of carbonyl (C=O) groups is 1. The number of carbonyl (C=O) groups excluding carboxylic acids is 1. The van der Waals surface area contributed by atoms with Gasteiger partial charge < -0.3 is 5.32 Å². The van der Waals surface area contributed by atoms with Crippen LogP contribution in [0.1, 0.15) is 15.4 Å². The smallest absolute Gasteiger partial charge is 0.266 e. The highest BCUT2D eigenvalue weighted by Gasteiger charge is 2.15. The SMILES string of the molecule is Cc1c(NC(=O)c2sccc2Br)cnn1-c1cccc(Cl)c1. The van der Waals surface area contributed by atoms with Gasteiger partial charge >= 0.3 is 0 Å². The van der Waals surface area contributed by atoms with Crippen LogP contribution in [0.3, 0.4) is 0 Å². The third kappa shape index (κ3) is 2.95. The first-order chi connectivity index (χ1) is 10.6. The van der Waals surface area contributed by atoms with E-state index in [2.05, 4.69) is 26.3 Å². The molecule has 3 aromatic rings. The van der Waals surface area contributed by atoms with E-state index >= 15 is 0 Å². The topological polar surface area (TPSA) is 46.9 Å². The van der Waals surface area contributed by atoms with Crippen LogP contribution >= 0.6 is 38.9 Å². The molecular weight excluding hydrogens is 386 g/mol. The summed E-state index contributed by atoms with van der Waals surface area (Å²) in [5.41, 5.74) is 2.36. The predicted octanol–water partition coefficient (Wildman–Crippen LogP) is 4.91. The van der Waals surface area contributed by atoms with Gasteiger partial charge in [-0.3, -0.25) is 4.79 Å². The van der Waals surface area contributed by atoms with Gasteiger partial charge in [0, 0.05) is 9.50 Å². The molecule has 4 nitrogen and oxygen atoms in total. The lowest BCUT2D eigenvalue weighted by atomic mass is 10.3. The highest BCUT2D eigenvalue weighted by Crippen LogP contribution is 2.25. The molecular formula is C15H11BrClN3OS. The average molecular weight is 397 g/mol. The lowest BCUT2D eigenvalue weighted by Gasteiger charge is -2.07. The number of aromatic nitrogens is 2. The largest absolute Gasteiger partial charge is 0.318 e. The Morgan fingerprint density at radius 2 is 2.23 bits per heavy atom. The standard InChI is InChI=1S/C15H11BrClN3OS/c1-9-13(19-15(21)14-12(16)5-6-22-14)8-18-20(9)11-4-2-3-10(17)7-11/h2-8H,1H3,(H,19,21). The van der Waals surface area contributed by atoms with E-state index in [9.17, 15) is 4.79 Å². The van der Waals surface area contributed by atoms with Crippen molar-refractivity contribution in [2.45, 2.75) is 6.92 Å². The van der Waals surface area contributed by atoms with Crippen molar-refractivity contribution < 1.29 is 4.79 Å². The van der Waals surface area contributed by atoms with E-state index in [0.29, 0.717) is 15.6 Å². The molecule has 3 rings (SSSR count). The Morgan fingerprint density at radius 3 is 2.91 bits per heavy atom. The van der Waals surface area contributed by atoms with Gasteiger partial charge in [-0.05, 0) is 52.5 Å². The first kappa shape index (κ1) is 15.3. The molecule has 0 aliphatic carbocycles. The van der Waals surface area contributed by atoms with Gasteiger partial charge in [0.15, 0.2) is 0 Å². The second kappa shape index (κ2) is 6.24. The lowest BCUT2D eigenvalue weighted by molar-refractivity contribution is 0.103. The Balaban J connectivity index is 1.88. The summed E-state index contributed by atoms with van der Waals surface area (Å²) in [7, 11) is 0. The highest BCUT2D eigenvalue weighted by molar-refractivity contribution is 9.10. The molecule has 0 saturated carbocycles. The molecule has 22 heavy (non-hydrogen) atoms. The van der Waals surface area contributed by atoms with Gasteiger partial charge in [0.25, 0.3) is 5.91 Å². The summed E-state index contributed by atoms with van der Waals surface area (Å²) in [5.74, 6) is -0.157. The van der Waals surface area contributed by atoms with E-state index in [1.165, 1.54) is 11.3 Å². The molecule has 0 unspecified atom stereocenters. The molecule has 1 aromatic carbocycles. The quantitative estimate of drug-likeness (QED) is 0.683. The van der Waals surface area contributed by atoms with Crippen LogP contribution in [-0.2, 0) is 0 Å². The van der Waals surface area contributed by atoms with Gasteiger partial charge in [-0.25, -0.2) is 4.68 Å². The molecule has 0 fully saturated rings. The fourth-order valence-corrected chi connectivity index (χ4v) is 3.67. The molecule has 0 spiro atoms. The van der Waals surface area contributed by atoms with Gasteiger partial charge in [-0.2, -0.15) is 5.10 Å². The van der Waals surface area contributed by atoms with Crippen LogP contribution in [0.15, 0.2) is 46.4 Å². The van der Waals surface area contributed by atoms with Gasteiger partial charge in [0.2, 0.25) is 0 Å². The number of hydrogen-bond donors (Lipinski definition) is 1. The van der Waals surface area contributed by atoms with Gasteiger partial charge in [-0.1, -0.05) is 17.7 Å². The summed E-state index contributed by atoms with van der Waals surface area (Å²) >= 11 is 10.8. The molecule has 2 aromatic heterocycles. The molecule has 1 N–H and O–H groups in total. The van der Waals surface area contributed by atoms with Crippen molar-refractivity contribution in [3.8, 4) is 5.69 Å². The Hall–Kier alpha value is -1.63. The summed E-state index contributed by atoms with van der Waals surface area (Å²) < 4.78 is 2.53. The van der Waals surface area contributed by atoms with Gasteiger partial charge in [0.1, 0.15) is 4.88 Å². The number of benzene rings is 1. The maximum absolute atomic E-state index is 12.3. The fraction of sp³-hybridized carbons (Fsp3) is 0.0667. The van der Waals surface area contributed by atoms with Crippen molar-refractivity contribution in [3.63, 3.8) is 0 Å². The number of hydrogen-bond acceptors (Lipinski definition) is 3. The van der Waals surface area contributed by atoms with Crippen molar-refractivity contribution in [2.75, 3.05) is 5.32 Å². The lowest BCUT2D eigenvalue weighted by Crippen LogP contribution is -2.11. The van der Waals surface area contributed by atoms with Crippen LogP contribution in [0.25, 0.3) is 5.69 Å². The number of anilines is 1. The van der Waals surface area contributed by atoms with Crippen molar-refractivity contribution in [2.24, 2.45) is 0 Å². The zero-order valence-electron chi connectivity index (χ0n) is 11.5. The third-order valence-corrected chi connectivity index (χ3v) is 5.21. The molecule has 0 aliphatic heterocycles.